The Bertz CT molecular complexity index is 762. The van der Waals surface area contributed by atoms with Gasteiger partial charge < -0.3 is 14.8 Å². The van der Waals surface area contributed by atoms with Crippen LogP contribution in [0.5, 0.6) is 11.5 Å². The Balaban J connectivity index is 1.72. The molecule has 1 aromatic carbocycles. The summed E-state index contributed by atoms with van der Waals surface area (Å²) in [6.45, 7) is 3.69. The van der Waals surface area contributed by atoms with Crippen molar-refractivity contribution in [1.29, 1.82) is 0 Å². The number of nitrogens with one attached hydrogen (secondary N) is 1. The van der Waals surface area contributed by atoms with Gasteiger partial charge >= 0.3 is 0 Å². The molecule has 3 aliphatic rings. The van der Waals surface area contributed by atoms with E-state index in [4.69, 9.17) is 9.47 Å². The van der Waals surface area contributed by atoms with Crippen LogP contribution in [0, 0.1) is 16.0 Å². The van der Waals surface area contributed by atoms with E-state index in [1.54, 1.807) is 6.07 Å². The number of nitro benzene ring substituents is 1. The summed E-state index contributed by atoms with van der Waals surface area (Å²) in [5, 5.41) is 14.9. The van der Waals surface area contributed by atoms with Crippen molar-refractivity contribution in [2.75, 3.05) is 19.9 Å². The van der Waals surface area contributed by atoms with Crippen LogP contribution in [0.4, 0.5) is 5.69 Å². The predicted molar refractivity (Wildman–Crippen MR) is 102 cm³/mol. The SMILES string of the molecule is C[C@H]1CCCN([C@H](C(=O)NC2CCCC2)c2cc3c(cc2[N+](=O)[O-])OCO3)C1. The first-order valence-corrected chi connectivity index (χ1v) is 10.2. The molecule has 0 unspecified atom stereocenters. The van der Waals surface area contributed by atoms with E-state index in [0.717, 1.165) is 51.6 Å². The molecule has 2 atom stereocenters. The highest BCUT2D eigenvalue weighted by Crippen LogP contribution is 2.42. The normalized spacial score (nSPS) is 23.5. The zero-order chi connectivity index (χ0) is 19.7. The summed E-state index contributed by atoms with van der Waals surface area (Å²) in [6.07, 6.45) is 6.25. The fourth-order valence-corrected chi connectivity index (χ4v) is 4.64. The lowest BCUT2D eigenvalue weighted by Crippen LogP contribution is -2.47. The first-order chi connectivity index (χ1) is 13.5. The van der Waals surface area contributed by atoms with Gasteiger partial charge in [0.05, 0.1) is 16.6 Å². The summed E-state index contributed by atoms with van der Waals surface area (Å²) in [5.74, 6) is 1.12. The average Bonchev–Trinajstić information content (AvgIpc) is 3.32. The molecular formula is C20H27N3O5. The summed E-state index contributed by atoms with van der Waals surface area (Å²) in [4.78, 5) is 26.8. The summed E-state index contributed by atoms with van der Waals surface area (Å²) < 4.78 is 10.8. The van der Waals surface area contributed by atoms with Crippen LogP contribution in [0.1, 0.15) is 57.1 Å². The fourth-order valence-electron chi connectivity index (χ4n) is 4.64. The lowest BCUT2D eigenvalue weighted by molar-refractivity contribution is -0.386. The molecule has 4 rings (SSSR count). The number of nitro groups is 1. The van der Waals surface area contributed by atoms with E-state index < -0.39 is 11.0 Å². The number of benzene rings is 1. The van der Waals surface area contributed by atoms with Crippen molar-refractivity contribution in [3.8, 4) is 11.5 Å². The second-order valence-electron chi connectivity index (χ2n) is 8.16. The van der Waals surface area contributed by atoms with Crippen LogP contribution in [0.2, 0.25) is 0 Å². The minimum absolute atomic E-state index is 0.0373. The second kappa shape index (κ2) is 7.95. The molecular weight excluding hydrogens is 362 g/mol. The molecule has 1 aromatic rings. The highest BCUT2D eigenvalue weighted by molar-refractivity contribution is 5.85. The number of fused-ring (bicyclic) bond motifs is 1. The van der Waals surface area contributed by atoms with Crippen LogP contribution in [0.15, 0.2) is 12.1 Å². The standard InChI is InChI=1S/C20H27N3O5/c1-13-5-4-8-22(11-13)19(20(24)21-14-6-2-3-7-14)15-9-17-18(28-12-27-17)10-16(15)23(25)26/h9-10,13-14,19H,2-8,11-12H2,1H3,(H,21,24)/t13-,19-/m0/s1. The Morgan fingerprint density at radius 2 is 1.93 bits per heavy atom. The van der Waals surface area contributed by atoms with Gasteiger partial charge in [-0.05, 0) is 44.2 Å². The molecule has 1 aliphatic carbocycles. The van der Waals surface area contributed by atoms with Gasteiger partial charge in [-0.2, -0.15) is 0 Å². The summed E-state index contributed by atoms with van der Waals surface area (Å²) in [5.41, 5.74) is 0.299. The number of carbonyl (C=O) groups is 1. The molecule has 1 saturated heterocycles. The molecule has 1 saturated carbocycles. The van der Waals surface area contributed by atoms with E-state index in [0.29, 0.717) is 23.0 Å². The first-order valence-electron chi connectivity index (χ1n) is 10.2. The minimum Gasteiger partial charge on any atom is -0.454 e. The Hall–Kier alpha value is -2.35. The van der Waals surface area contributed by atoms with E-state index >= 15 is 0 Å². The third-order valence-electron chi connectivity index (χ3n) is 6.02. The van der Waals surface area contributed by atoms with Crippen LogP contribution in [0.25, 0.3) is 0 Å². The zero-order valence-electron chi connectivity index (χ0n) is 16.2. The lowest BCUT2D eigenvalue weighted by Gasteiger charge is -2.37. The Morgan fingerprint density at radius 3 is 2.61 bits per heavy atom. The highest BCUT2D eigenvalue weighted by atomic mass is 16.7. The van der Waals surface area contributed by atoms with E-state index in [1.807, 2.05) is 0 Å². The number of hydrogen-bond donors (Lipinski definition) is 1. The van der Waals surface area contributed by atoms with E-state index in [1.165, 1.54) is 6.07 Å². The molecule has 0 spiro atoms. The molecule has 1 amide bonds. The Morgan fingerprint density at radius 1 is 1.21 bits per heavy atom. The topological polar surface area (TPSA) is 93.9 Å². The van der Waals surface area contributed by atoms with E-state index in [-0.39, 0.29) is 24.4 Å². The smallest absolute Gasteiger partial charge is 0.278 e. The molecule has 28 heavy (non-hydrogen) atoms. The number of piperidine rings is 1. The molecule has 0 aromatic heterocycles. The van der Waals surface area contributed by atoms with Crippen molar-refractivity contribution in [3.63, 3.8) is 0 Å². The Kier molecular flexibility index (Phi) is 5.39. The summed E-state index contributed by atoms with van der Waals surface area (Å²) in [6, 6.07) is 2.48. The van der Waals surface area contributed by atoms with Crippen molar-refractivity contribution in [3.05, 3.63) is 27.8 Å². The minimum atomic E-state index is -0.696. The van der Waals surface area contributed by atoms with E-state index in [2.05, 4.69) is 17.1 Å². The monoisotopic (exact) mass is 389 g/mol. The number of likely N-dealkylation sites (tertiary alicyclic amines) is 1. The number of amides is 1. The molecule has 0 radical (unpaired) electrons. The van der Waals surface area contributed by atoms with Crippen molar-refractivity contribution >= 4 is 11.6 Å². The number of carbonyl (C=O) groups excluding carboxylic acids is 1. The third kappa shape index (κ3) is 3.78. The van der Waals surface area contributed by atoms with Crippen molar-refractivity contribution < 1.29 is 19.2 Å². The number of nitrogens with zero attached hydrogens (tertiary/aromatic N) is 2. The average molecular weight is 389 g/mol. The van der Waals surface area contributed by atoms with Crippen LogP contribution >= 0.6 is 0 Å². The van der Waals surface area contributed by atoms with Gasteiger partial charge in [-0.3, -0.25) is 19.8 Å². The maximum atomic E-state index is 13.3. The van der Waals surface area contributed by atoms with Gasteiger partial charge in [0.15, 0.2) is 11.5 Å². The van der Waals surface area contributed by atoms with Crippen LogP contribution in [-0.4, -0.2) is 41.7 Å². The van der Waals surface area contributed by atoms with Gasteiger partial charge in [-0.1, -0.05) is 19.8 Å². The first kappa shape index (κ1) is 19.0. The third-order valence-corrected chi connectivity index (χ3v) is 6.02. The van der Waals surface area contributed by atoms with Crippen molar-refractivity contribution in [1.82, 2.24) is 10.2 Å². The largest absolute Gasteiger partial charge is 0.454 e. The van der Waals surface area contributed by atoms with Gasteiger partial charge in [0, 0.05) is 12.6 Å². The van der Waals surface area contributed by atoms with Gasteiger partial charge in [-0.15, -0.1) is 0 Å². The second-order valence-corrected chi connectivity index (χ2v) is 8.16. The van der Waals surface area contributed by atoms with Gasteiger partial charge in [0.25, 0.3) is 5.69 Å². The highest BCUT2D eigenvalue weighted by Gasteiger charge is 2.38. The maximum absolute atomic E-state index is 13.3. The summed E-state index contributed by atoms with van der Waals surface area (Å²) >= 11 is 0. The molecule has 2 heterocycles. The van der Waals surface area contributed by atoms with Crippen LogP contribution < -0.4 is 14.8 Å². The van der Waals surface area contributed by atoms with Crippen LogP contribution in [0.3, 0.4) is 0 Å². The number of ether oxygens (including phenoxy) is 2. The molecule has 2 fully saturated rings. The van der Waals surface area contributed by atoms with E-state index in [9.17, 15) is 14.9 Å². The Labute approximate surface area is 164 Å². The van der Waals surface area contributed by atoms with Crippen LogP contribution in [-0.2, 0) is 4.79 Å². The lowest BCUT2D eigenvalue weighted by atomic mass is 9.94. The molecule has 0 bridgehead atoms. The van der Waals surface area contributed by atoms with Gasteiger partial charge in [0.2, 0.25) is 12.7 Å². The van der Waals surface area contributed by atoms with Crippen molar-refractivity contribution in [2.45, 2.75) is 57.5 Å². The molecule has 2 aliphatic heterocycles. The van der Waals surface area contributed by atoms with Crippen molar-refractivity contribution in [2.24, 2.45) is 5.92 Å². The predicted octanol–water partition coefficient (Wildman–Crippen LogP) is 3.16. The molecule has 8 heteroatoms. The maximum Gasteiger partial charge on any atom is 0.278 e. The molecule has 8 nitrogen and oxygen atoms in total. The summed E-state index contributed by atoms with van der Waals surface area (Å²) in [7, 11) is 0. The number of rotatable bonds is 5. The fraction of sp³-hybridized carbons (Fsp3) is 0.650. The number of hydrogen-bond acceptors (Lipinski definition) is 6. The molecule has 152 valence electrons. The molecule has 1 N–H and O–H groups in total. The van der Waals surface area contributed by atoms with Gasteiger partial charge in [-0.25, -0.2) is 0 Å². The zero-order valence-corrected chi connectivity index (χ0v) is 16.2. The quantitative estimate of drug-likeness (QED) is 0.614. The van der Waals surface area contributed by atoms with Gasteiger partial charge in [0.1, 0.15) is 6.04 Å².